The van der Waals surface area contributed by atoms with Crippen LogP contribution < -0.4 is 10.5 Å². The number of carbonyl (C=O) groups is 1. The number of ether oxygens (including phenoxy) is 1. The van der Waals surface area contributed by atoms with Gasteiger partial charge in [0.15, 0.2) is 11.5 Å². The second-order valence-electron chi connectivity index (χ2n) is 3.58. The number of carbonyl (C=O) groups excluding carboxylic acids is 1. The van der Waals surface area contributed by atoms with Crippen LogP contribution in [0.2, 0.25) is 0 Å². The van der Waals surface area contributed by atoms with Gasteiger partial charge in [-0.15, -0.1) is 0 Å². The molecule has 1 aromatic carbocycles. The molecule has 0 unspecified atom stereocenters. The molecule has 100 valence electrons. The van der Waals surface area contributed by atoms with E-state index >= 15 is 0 Å². The maximum absolute atomic E-state index is 12.5. The van der Waals surface area contributed by atoms with E-state index < -0.39 is 17.7 Å². The molecule has 1 heterocycles. The molecule has 2 rings (SSSR count). The summed E-state index contributed by atoms with van der Waals surface area (Å²) in [7, 11) is 0. The Morgan fingerprint density at radius 2 is 2.11 bits per heavy atom. The van der Waals surface area contributed by atoms with Gasteiger partial charge in [0, 0.05) is 0 Å². The number of alkyl halides is 3. The Hall–Kier alpha value is -2.51. The molecule has 0 fully saturated rings. The van der Waals surface area contributed by atoms with Crippen LogP contribution in [0.3, 0.4) is 0 Å². The first-order chi connectivity index (χ1) is 8.88. The van der Waals surface area contributed by atoms with E-state index in [1.807, 2.05) is 0 Å². The molecule has 0 aliphatic heterocycles. The molecule has 19 heavy (non-hydrogen) atoms. The summed E-state index contributed by atoms with van der Waals surface area (Å²) in [6.45, 7) is 0. The molecule has 3 N–H and O–H groups in total. The van der Waals surface area contributed by atoms with Crippen LogP contribution in [0.4, 0.5) is 19.0 Å². The van der Waals surface area contributed by atoms with Gasteiger partial charge >= 0.3 is 12.1 Å². The molecule has 2 aromatic rings. The number of anilines is 1. The number of aromatic nitrogens is 2. The first-order valence-corrected chi connectivity index (χ1v) is 5.06. The van der Waals surface area contributed by atoms with Crippen molar-refractivity contribution < 1.29 is 22.7 Å². The summed E-state index contributed by atoms with van der Waals surface area (Å²) in [5, 5.41) is 0. The second kappa shape index (κ2) is 4.63. The summed E-state index contributed by atoms with van der Waals surface area (Å²) in [5.41, 5.74) is 4.35. The first-order valence-electron chi connectivity index (χ1n) is 5.06. The fraction of sp³-hybridized carbons (Fsp3) is 0.0909. The van der Waals surface area contributed by atoms with Crippen molar-refractivity contribution in [3.63, 3.8) is 0 Å². The lowest BCUT2D eigenvalue weighted by molar-refractivity contribution is -0.137. The third-order valence-corrected chi connectivity index (χ3v) is 2.24. The Kier molecular flexibility index (Phi) is 3.16. The fourth-order valence-corrected chi connectivity index (χ4v) is 1.36. The number of hydrogen-bond donors (Lipinski definition) is 2. The molecule has 0 aliphatic carbocycles. The number of benzene rings is 1. The summed E-state index contributed by atoms with van der Waals surface area (Å²) in [6, 6.07) is 3.98. The summed E-state index contributed by atoms with van der Waals surface area (Å²) in [5.74, 6) is -1.22. The molecule has 8 heteroatoms. The van der Waals surface area contributed by atoms with Crippen LogP contribution in [-0.4, -0.2) is 15.9 Å². The van der Waals surface area contributed by atoms with Gasteiger partial charge in [0.25, 0.3) is 0 Å². The molecule has 1 aromatic heterocycles. The van der Waals surface area contributed by atoms with Crippen molar-refractivity contribution in [1.82, 2.24) is 9.97 Å². The number of H-pyrrole nitrogens is 1. The highest BCUT2D eigenvalue weighted by molar-refractivity contribution is 5.93. The van der Waals surface area contributed by atoms with Crippen molar-refractivity contribution in [2.75, 3.05) is 5.73 Å². The average molecular weight is 271 g/mol. The predicted molar refractivity (Wildman–Crippen MR) is 59.4 cm³/mol. The number of imidazole rings is 1. The standard InChI is InChI=1S/C11H8F3N3O2/c12-11(13,14)6-2-1-3-7(4-6)19-10(18)8-9(15)17-5-16-8/h1-5H,15H2,(H,16,17). The van der Waals surface area contributed by atoms with E-state index in [1.165, 1.54) is 12.4 Å². The summed E-state index contributed by atoms with van der Waals surface area (Å²) in [6.07, 6.45) is -3.33. The zero-order chi connectivity index (χ0) is 14.0. The van der Waals surface area contributed by atoms with E-state index in [0.29, 0.717) is 0 Å². The minimum absolute atomic E-state index is 0.0861. The normalized spacial score (nSPS) is 11.3. The number of hydrogen-bond acceptors (Lipinski definition) is 4. The molecule has 0 radical (unpaired) electrons. The predicted octanol–water partition coefficient (Wildman–Crippen LogP) is 2.23. The SMILES string of the molecule is Nc1nc[nH]c1C(=O)Oc1cccc(C(F)(F)F)c1. The molecule has 0 bridgehead atoms. The van der Waals surface area contributed by atoms with Crippen molar-refractivity contribution >= 4 is 11.8 Å². The van der Waals surface area contributed by atoms with Gasteiger partial charge in [0.2, 0.25) is 0 Å². The van der Waals surface area contributed by atoms with E-state index in [0.717, 1.165) is 18.2 Å². The quantitative estimate of drug-likeness (QED) is 0.648. The van der Waals surface area contributed by atoms with Crippen molar-refractivity contribution in [2.24, 2.45) is 0 Å². The lowest BCUT2D eigenvalue weighted by Crippen LogP contribution is -2.12. The Morgan fingerprint density at radius 3 is 2.68 bits per heavy atom. The molecule has 0 spiro atoms. The second-order valence-corrected chi connectivity index (χ2v) is 3.58. The third-order valence-electron chi connectivity index (χ3n) is 2.24. The van der Waals surface area contributed by atoms with Crippen molar-refractivity contribution in [1.29, 1.82) is 0 Å². The monoisotopic (exact) mass is 271 g/mol. The minimum atomic E-state index is -4.50. The Morgan fingerprint density at radius 1 is 1.37 bits per heavy atom. The third kappa shape index (κ3) is 2.84. The lowest BCUT2D eigenvalue weighted by Gasteiger charge is -2.08. The Balaban J connectivity index is 2.21. The van der Waals surface area contributed by atoms with Gasteiger partial charge in [0.05, 0.1) is 11.9 Å². The van der Waals surface area contributed by atoms with Gasteiger partial charge in [-0.3, -0.25) is 0 Å². The molecular formula is C11H8F3N3O2. The average Bonchev–Trinajstić information content (AvgIpc) is 2.75. The zero-order valence-corrected chi connectivity index (χ0v) is 9.36. The van der Waals surface area contributed by atoms with Gasteiger partial charge in [0.1, 0.15) is 5.75 Å². The number of nitrogens with one attached hydrogen (secondary N) is 1. The molecule has 0 amide bonds. The van der Waals surface area contributed by atoms with Gasteiger partial charge < -0.3 is 15.5 Å². The maximum atomic E-state index is 12.5. The molecule has 0 saturated carbocycles. The summed E-state index contributed by atoms with van der Waals surface area (Å²) in [4.78, 5) is 17.6. The van der Waals surface area contributed by atoms with Crippen molar-refractivity contribution in [3.05, 3.63) is 41.9 Å². The van der Waals surface area contributed by atoms with Crippen LogP contribution in [-0.2, 0) is 6.18 Å². The molecule has 0 aliphatic rings. The fourth-order valence-electron chi connectivity index (χ4n) is 1.36. The van der Waals surface area contributed by atoms with Gasteiger partial charge in [-0.05, 0) is 18.2 Å². The van der Waals surface area contributed by atoms with Crippen LogP contribution in [0, 0.1) is 0 Å². The van der Waals surface area contributed by atoms with Crippen LogP contribution >= 0.6 is 0 Å². The van der Waals surface area contributed by atoms with Crippen LogP contribution in [0.1, 0.15) is 16.1 Å². The summed E-state index contributed by atoms with van der Waals surface area (Å²) < 4.78 is 42.2. The number of nitrogens with zero attached hydrogens (tertiary/aromatic N) is 1. The van der Waals surface area contributed by atoms with E-state index in [-0.39, 0.29) is 17.3 Å². The van der Waals surface area contributed by atoms with E-state index in [1.54, 1.807) is 0 Å². The van der Waals surface area contributed by atoms with Crippen molar-refractivity contribution in [3.8, 4) is 5.75 Å². The van der Waals surface area contributed by atoms with Gasteiger partial charge in [-0.1, -0.05) is 6.07 Å². The maximum Gasteiger partial charge on any atom is 0.416 e. The highest BCUT2D eigenvalue weighted by Gasteiger charge is 2.30. The highest BCUT2D eigenvalue weighted by atomic mass is 19.4. The van der Waals surface area contributed by atoms with Gasteiger partial charge in [-0.2, -0.15) is 13.2 Å². The largest absolute Gasteiger partial charge is 0.422 e. The lowest BCUT2D eigenvalue weighted by atomic mass is 10.2. The van der Waals surface area contributed by atoms with Crippen molar-refractivity contribution in [2.45, 2.75) is 6.18 Å². The number of halogens is 3. The number of aromatic amines is 1. The zero-order valence-electron chi connectivity index (χ0n) is 9.36. The van der Waals surface area contributed by atoms with E-state index in [2.05, 4.69) is 9.97 Å². The highest BCUT2D eigenvalue weighted by Crippen LogP contribution is 2.31. The minimum Gasteiger partial charge on any atom is -0.422 e. The van der Waals surface area contributed by atoms with Gasteiger partial charge in [-0.25, -0.2) is 9.78 Å². The number of nitrogens with two attached hydrogens (primary N) is 1. The first kappa shape index (κ1) is 12.9. The number of esters is 1. The van der Waals surface area contributed by atoms with E-state index in [9.17, 15) is 18.0 Å². The molecule has 0 atom stereocenters. The number of nitrogen functional groups attached to an aromatic ring is 1. The van der Waals surface area contributed by atoms with Crippen LogP contribution in [0.5, 0.6) is 5.75 Å². The Labute approximate surface area is 105 Å². The van der Waals surface area contributed by atoms with E-state index in [4.69, 9.17) is 10.5 Å². The smallest absolute Gasteiger partial charge is 0.416 e. The Bertz CT molecular complexity index is 607. The summed E-state index contributed by atoms with van der Waals surface area (Å²) >= 11 is 0. The molecule has 0 saturated heterocycles. The molecule has 5 nitrogen and oxygen atoms in total. The van der Waals surface area contributed by atoms with Crippen LogP contribution in [0.15, 0.2) is 30.6 Å². The number of rotatable bonds is 2. The molecular weight excluding hydrogens is 263 g/mol. The topological polar surface area (TPSA) is 81.0 Å². The van der Waals surface area contributed by atoms with Crippen LogP contribution in [0.25, 0.3) is 0 Å².